The smallest absolute Gasteiger partial charge is 0.656 e. The fourth-order valence-corrected chi connectivity index (χ4v) is 5.32. The largest absolute Gasteiger partial charge is 2.00 e. The van der Waals surface area contributed by atoms with Gasteiger partial charge in [-0.2, -0.15) is 0 Å². The molecule has 0 unspecified atom stereocenters. The molecule has 2 heterocycles. The molecule has 4 aromatic rings. The van der Waals surface area contributed by atoms with Crippen LogP contribution in [0.5, 0.6) is 0 Å². The second-order valence-corrected chi connectivity index (χ2v) is 13.2. The summed E-state index contributed by atoms with van der Waals surface area (Å²) in [5.74, 6) is 1.46. The van der Waals surface area contributed by atoms with E-state index in [1.165, 1.54) is 35.1 Å². The minimum Gasteiger partial charge on any atom is -0.656 e. The van der Waals surface area contributed by atoms with Gasteiger partial charge in [0.1, 0.15) is 0 Å². The second kappa shape index (κ2) is 21.4. The van der Waals surface area contributed by atoms with Gasteiger partial charge in [-0.05, 0) is 48.6 Å². The first-order valence-electron chi connectivity index (χ1n) is 17.1. The Balaban J connectivity index is 0.000000560. The SMILES string of the molecule is C1CCOC1.C=C([N-]c1c(C(C)C)cccc1C(C)C)c1cccc(C(=C)[N-]c2c(C(C)C)cccc2C(C)C)n1.[Sr+2].c1ccccc1. The molecular formula is C43H55N3OSr. The zero-order chi connectivity index (χ0) is 34.3. The van der Waals surface area contributed by atoms with E-state index in [1.807, 2.05) is 54.6 Å². The van der Waals surface area contributed by atoms with Gasteiger partial charge in [-0.1, -0.05) is 157 Å². The molecule has 1 fully saturated rings. The van der Waals surface area contributed by atoms with Crippen molar-refractivity contribution in [2.75, 3.05) is 13.2 Å². The summed E-state index contributed by atoms with van der Waals surface area (Å²) < 4.78 is 4.94. The van der Waals surface area contributed by atoms with Gasteiger partial charge in [-0.25, -0.2) is 0 Å². The Morgan fingerprint density at radius 2 is 0.812 bits per heavy atom. The summed E-state index contributed by atoms with van der Waals surface area (Å²) in [4.78, 5) is 4.88. The Labute approximate surface area is 328 Å². The Bertz CT molecular complexity index is 1380. The quantitative estimate of drug-likeness (QED) is 0.153. The van der Waals surface area contributed by atoms with Crippen LogP contribution < -0.4 is 0 Å². The molecule has 0 amide bonds. The Morgan fingerprint density at radius 3 is 1.06 bits per heavy atom. The minimum atomic E-state index is 0. The number of hydrogen-bond acceptors (Lipinski definition) is 2. The maximum atomic E-state index is 5.01. The number of ether oxygens (including phenoxy) is 1. The van der Waals surface area contributed by atoms with E-state index in [4.69, 9.17) is 20.4 Å². The summed E-state index contributed by atoms with van der Waals surface area (Å²) in [6, 6.07) is 30.8. The van der Waals surface area contributed by atoms with E-state index in [1.54, 1.807) is 0 Å². The Kier molecular flexibility index (Phi) is 18.5. The first kappa shape index (κ1) is 41.5. The van der Waals surface area contributed by atoms with E-state index in [-0.39, 0.29) is 45.5 Å². The molecule has 0 bridgehead atoms. The third-order valence-electron chi connectivity index (χ3n) is 8.01. The average Bonchev–Trinajstić information content (AvgIpc) is 3.66. The van der Waals surface area contributed by atoms with Crippen LogP contribution in [0.4, 0.5) is 11.4 Å². The van der Waals surface area contributed by atoms with Gasteiger partial charge in [0.15, 0.2) is 0 Å². The molecule has 0 aliphatic carbocycles. The molecule has 1 aromatic heterocycles. The number of aromatic nitrogens is 1. The van der Waals surface area contributed by atoms with Crippen LogP contribution in [-0.4, -0.2) is 63.7 Å². The van der Waals surface area contributed by atoms with Crippen LogP contribution in [0, 0.1) is 0 Å². The Hall–Kier alpha value is -2.67. The molecule has 5 heteroatoms. The predicted molar refractivity (Wildman–Crippen MR) is 210 cm³/mol. The molecule has 0 radical (unpaired) electrons. The van der Waals surface area contributed by atoms with Crippen molar-refractivity contribution in [1.29, 1.82) is 0 Å². The van der Waals surface area contributed by atoms with Crippen molar-refractivity contribution >= 4 is 68.3 Å². The van der Waals surface area contributed by atoms with Crippen molar-refractivity contribution in [3.05, 3.63) is 148 Å². The van der Waals surface area contributed by atoms with E-state index in [9.17, 15) is 0 Å². The molecule has 4 nitrogen and oxygen atoms in total. The van der Waals surface area contributed by atoms with E-state index in [2.05, 4.69) is 105 Å². The van der Waals surface area contributed by atoms with E-state index < -0.39 is 0 Å². The number of hydrogen-bond donors (Lipinski definition) is 0. The normalized spacial score (nSPS) is 12.1. The van der Waals surface area contributed by atoms with Gasteiger partial charge in [0.05, 0.1) is 0 Å². The fraction of sp³-hybridized carbons (Fsp3) is 0.372. The fourth-order valence-electron chi connectivity index (χ4n) is 5.32. The van der Waals surface area contributed by atoms with Crippen molar-refractivity contribution in [1.82, 2.24) is 4.98 Å². The standard InChI is InChI=1S/C33H41N3.C6H6.C4H8O.Sr/c1-20(2)26-14-11-15-27(21(3)4)32(26)34-24(9)30-18-13-19-31(36-30)25(10)35-33-28(22(5)6)16-12-17-29(33)23(7)8;1-2-4-6-5-3-1;1-2-4-5-3-1;/h11-23H,9-10H2,1-8H3;1-6H;1-4H2;/q-2;;;+2. The summed E-state index contributed by atoms with van der Waals surface area (Å²) in [6.07, 6.45) is 2.56. The molecule has 48 heavy (non-hydrogen) atoms. The molecule has 0 N–H and O–H groups in total. The van der Waals surface area contributed by atoms with Gasteiger partial charge >= 0.3 is 45.5 Å². The minimum absolute atomic E-state index is 0. The molecule has 1 aliphatic heterocycles. The molecule has 250 valence electrons. The third-order valence-corrected chi connectivity index (χ3v) is 8.01. The summed E-state index contributed by atoms with van der Waals surface area (Å²) in [7, 11) is 0. The molecule has 0 saturated carbocycles. The van der Waals surface area contributed by atoms with Crippen LogP contribution in [0.15, 0.2) is 104 Å². The van der Waals surface area contributed by atoms with Gasteiger partial charge in [0.25, 0.3) is 0 Å². The average molecular weight is 718 g/mol. The van der Waals surface area contributed by atoms with Crippen molar-refractivity contribution in [2.24, 2.45) is 0 Å². The van der Waals surface area contributed by atoms with Crippen LogP contribution >= 0.6 is 0 Å². The van der Waals surface area contributed by atoms with E-state index >= 15 is 0 Å². The first-order valence-corrected chi connectivity index (χ1v) is 17.1. The molecular weight excluding hydrogens is 662 g/mol. The van der Waals surface area contributed by atoms with Gasteiger partial charge in [0.2, 0.25) is 0 Å². The first-order chi connectivity index (χ1) is 22.5. The number of benzene rings is 3. The summed E-state index contributed by atoms with van der Waals surface area (Å²) in [6.45, 7) is 28.2. The van der Waals surface area contributed by atoms with Gasteiger partial charge < -0.3 is 15.4 Å². The zero-order valence-corrected chi connectivity index (χ0v) is 34.1. The van der Waals surface area contributed by atoms with E-state index in [0.29, 0.717) is 35.1 Å². The molecule has 3 aromatic carbocycles. The summed E-state index contributed by atoms with van der Waals surface area (Å²) in [5.41, 5.74) is 9.68. The summed E-state index contributed by atoms with van der Waals surface area (Å²) >= 11 is 0. The van der Waals surface area contributed by atoms with Gasteiger partial charge in [0, 0.05) is 24.6 Å². The third kappa shape index (κ3) is 12.7. The number of nitrogens with zero attached hydrogens (tertiary/aromatic N) is 3. The van der Waals surface area contributed by atoms with Crippen LogP contribution in [0.1, 0.15) is 126 Å². The monoisotopic (exact) mass is 717 g/mol. The molecule has 1 saturated heterocycles. The van der Waals surface area contributed by atoms with Gasteiger partial charge in [-0.3, -0.25) is 4.98 Å². The number of para-hydroxylation sites is 2. The molecule has 0 spiro atoms. The van der Waals surface area contributed by atoms with Crippen molar-refractivity contribution in [3.63, 3.8) is 0 Å². The summed E-state index contributed by atoms with van der Waals surface area (Å²) in [5, 5.41) is 10.0. The van der Waals surface area contributed by atoms with Crippen molar-refractivity contribution < 1.29 is 4.74 Å². The van der Waals surface area contributed by atoms with E-state index in [0.717, 1.165) is 36.0 Å². The van der Waals surface area contributed by atoms with Crippen LogP contribution in [0.2, 0.25) is 0 Å². The van der Waals surface area contributed by atoms with Crippen LogP contribution in [0.3, 0.4) is 0 Å². The van der Waals surface area contributed by atoms with Crippen molar-refractivity contribution in [2.45, 2.75) is 91.9 Å². The molecule has 0 atom stereocenters. The molecule has 1 aliphatic rings. The van der Waals surface area contributed by atoms with Crippen LogP contribution in [0.25, 0.3) is 22.0 Å². The van der Waals surface area contributed by atoms with Gasteiger partial charge in [-0.15, -0.1) is 35.9 Å². The maximum Gasteiger partial charge on any atom is 2.00 e. The Morgan fingerprint density at radius 1 is 0.521 bits per heavy atom. The predicted octanol–water partition coefficient (Wildman–Crippen LogP) is 13.0. The number of rotatable bonds is 10. The maximum absolute atomic E-state index is 5.01. The molecule has 5 rings (SSSR count). The zero-order valence-electron chi connectivity index (χ0n) is 30.7. The topological polar surface area (TPSA) is 50.3 Å². The van der Waals surface area contributed by atoms with Crippen LogP contribution in [-0.2, 0) is 4.74 Å². The second-order valence-electron chi connectivity index (χ2n) is 13.2. The number of pyridine rings is 1. The van der Waals surface area contributed by atoms with Crippen molar-refractivity contribution in [3.8, 4) is 0 Å².